The summed E-state index contributed by atoms with van der Waals surface area (Å²) in [6, 6.07) is 0. The standard InChI is InChI=1S/C9H12O/c1-2-3-4-6-9-7-5-8-10-9/h2-3,6,9H,1,5,7-8H2. The maximum absolute atomic E-state index is 5.33. The van der Waals surface area contributed by atoms with Crippen LogP contribution in [0, 0.1) is 0 Å². The minimum absolute atomic E-state index is 0.302. The molecule has 1 aliphatic heterocycles. The molecule has 1 saturated heterocycles. The van der Waals surface area contributed by atoms with E-state index in [-0.39, 0.29) is 0 Å². The Hall–Kier alpha value is -0.780. The second-order valence-corrected chi connectivity index (χ2v) is 2.29. The largest absolute Gasteiger partial charge is 0.374 e. The zero-order valence-corrected chi connectivity index (χ0v) is 6.05. The summed E-state index contributed by atoms with van der Waals surface area (Å²) < 4.78 is 5.33. The molecule has 1 unspecified atom stereocenters. The van der Waals surface area contributed by atoms with Crippen LogP contribution in [0.4, 0.5) is 0 Å². The van der Waals surface area contributed by atoms with Crippen LogP contribution in [0.3, 0.4) is 0 Å². The molecule has 1 aliphatic rings. The smallest absolute Gasteiger partial charge is 0.0830 e. The summed E-state index contributed by atoms with van der Waals surface area (Å²) in [5, 5.41) is 0. The molecule has 1 heterocycles. The number of allylic oxidation sites excluding steroid dienone is 1. The second kappa shape index (κ2) is 4.10. The van der Waals surface area contributed by atoms with E-state index in [4.69, 9.17) is 4.74 Å². The second-order valence-electron chi connectivity index (χ2n) is 2.29. The molecule has 0 aromatic carbocycles. The Labute approximate surface area is 61.7 Å². The van der Waals surface area contributed by atoms with Gasteiger partial charge in [0.2, 0.25) is 0 Å². The van der Waals surface area contributed by atoms with Crippen molar-refractivity contribution in [2.75, 3.05) is 6.61 Å². The molecule has 0 spiro atoms. The zero-order chi connectivity index (χ0) is 7.23. The van der Waals surface area contributed by atoms with E-state index in [1.54, 1.807) is 12.2 Å². The van der Waals surface area contributed by atoms with Crippen LogP contribution in [0.5, 0.6) is 0 Å². The summed E-state index contributed by atoms with van der Waals surface area (Å²) in [4.78, 5) is 0. The van der Waals surface area contributed by atoms with E-state index >= 15 is 0 Å². The van der Waals surface area contributed by atoms with Crippen LogP contribution in [0.25, 0.3) is 0 Å². The molecular formula is C9H12O. The number of hydrogen-bond acceptors (Lipinski definition) is 1. The maximum Gasteiger partial charge on any atom is 0.0830 e. The lowest BCUT2D eigenvalue weighted by Gasteiger charge is -1.97. The fourth-order valence-corrected chi connectivity index (χ4v) is 0.965. The average Bonchev–Trinajstić information content (AvgIpc) is 2.41. The van der Waals surface area contributed by atoms with E-state index in [2.05, 4.69) is 12.3 Å². The molecule has 1 fully saturated rings. The van der Waals surface area contributed by atoms with Crippen LogP contribution in [-0.2, 0) is 4.74 Å². The Bertz CT molecular complexity index is 158. The average molecular weight is 136 g/mol. The van der Waals surface area contributed by atoms with Gasteiger partial charge in [0.1, 0.15) is 0 Å². The van der Waals surface area contributed by atoms with Crippen LogP contribution >= 0.6 is 0 Å². The Morgan fingerprint density at radius 1 is 1.60 bits per heavy atom. The molecule has 0 aromatic heterocycles. The van der Waals surface area contributed by atoms with E-state index in [1.807, 2.05) is 6.08 Å². The first-order valence-electron chi connectivity index (χ1n) is 3.58. The maximum atomic E-state index is 5.33. The van der Waals surface area contributed by atoms with Gasteiger partial charge < -0.3 is 4.74 Å². The van der Waals surface area contributed by atoms with Gasteiger partial charge in [-0.05, 0) is 25.0 Å². The number of hydrogen-bond donors (Lipinski definition) is 0. The minimum atomic E-state index is 0.302. The highest BCUT2D eigenvalue weighted by Gasteiger charge is 2.10. The van der Waals surface area contributed by atoms with Gasteiger partial charge in [-0.3, -0.25) is 0 Å². The fraction of sp³-hybridized carbons (Fsp3) is 0.444. The molecule has 0 N–H and O–H groups in total. The van der Waals surface area contributed by atoms with Gasteiger partial charge in [0.15, 0.2) is 0 Å². The lowest BCUT2D eigenvalue weighted by molar-refractivity contribution is 0.146. The van der Waals surface area contributed by atoms with Crippen molar-refractivity contribution in [1.82, 2.24) is 0 Å². The van der Waals surface area contributed by atoms with E-state index < -0.39 is 0 Å². The van der Waals surface area contributed by atoms with Crippen molar-refractivity contribution in [2.45, 2.75) is 18.9 Å². The van der Waals surface area contributed by atoms with E-state index in [0.29, 0.717) is 6.10 Å². The Balaban J connectivity index is 2.35. The fourth-order valence-electron chi connectivity index (χ4n) is 0.965. The van der Waals surface area contributed by atoms with Crippen molar-refractivity contribution >= 4 is 0 Å². The topological polar surface area (TPSA) is 9.23 Å². The quantitative estimate of drug-likeness (QED) is 0.417. The van der Waals surface area contributed by atoms with Gasteiger partial charge in [-0.1, -0.05) is 12.7 Å². The van der Waals surface area contributed by atoms with E-state index in [9.17, 15) is 0 Å². The normalized spacial score (nSPS) is 23.4. The van der Waals surface area contributed by atoms with Crippen molar-refractivity contribution in [3.8, 4) is 0 Å². The Kier molecular flexibility index (Phi) is 3.01. The predicted octanol–water partition coefficient (Wildman–Crippen LogP) is 2.06. The summed E-state index contributed by atoms with van der Waals surface area (Å²) in [7, 11) is 0. The predicted molar refractivity (Wildman–Crippen MR) is 41.8 cm³/mol. The molecule has 54 valence electrons. The highest BCUT2D eigenvalue weighted by Crippen LogP contribution is 2.11. The molecule has 0 bridgehead atoms. The first-order valence-corrected chi connectivity index (χ1v) is 3.58. The van der Waals surface area contributed by atoms with E-state index in [1.165, 1.54) is 6.42 Å². The van der Waals surface area contributed by atoms with Crippen LogP contribution in [-0.4, -0.2) is 12.7 Å². The van der Waals surface area contributed by atoms with Crippen molar-refractivity contribution in [3.63, 3.8) is 0 Å². The molecule has 1 heteroatoms. The summed E-state index contributed by atoms with van der Waals surface area (Å²) in [6.45, 7) is 4.45. The van der Waals surface area contributed by atoms with Crippen LogP contribution in [0.2, 0.25) is 0 Å². The van der Waals surface area contributed by atoms with Gasteiger partial charge in [-0.15, -0.1) is 5.73 Å². The lowest BCUT2D eigenvalue weighted by atomic mass is 10.2. The van der Waals surface area contributed by atoms with Gasteiger partial charge in [0.25, 0.3) is 0 Å². The Morgan fingerprint density at radius 2 is 2.50 bits per heavy atom. The van der Waals surface area contributed by atoms with Crippen LogP contribution in [0.15, 0.2) is 30.5 Å². The molecule has 1 rings (SSSR count). The zero-order valence-electron chi connectivity index (χ0n) is 6.05. The Morgan fingerprint density at radius 3 is 3.10 bits per heavy atom. The van der Waals surface area contributed by atoms with Gasteiger partial charge in [-0.25, -0.2) is 0 Å². The van der Waals surface area contributed by atoms with Crippen molar-refractivity contribution in [2.24, 2.45) is 0 Å². The van der Waals surface area contributed by atoms with Gasteiger partial charge >= 0.3 is 0 Å². The molecular weight excluding hydrogens is 124 g/mol. The van der Waals surface area contributed by atoms with Crippen LogP contribution in [0.1, 0.15) is 12.8 Å². The molecule has 1 atom stereocenters. The highest BCUT2D eigenvalue weighted by atomic mass is 16.5. The highest BCUT2D eigenvalue weighted by molar-refractivity contribution is 5.00. The van der Waals surface area contributed by atoms with Gasteiger partial charge in [-0.2, -0.15) is 0 Å². The lowest BCUT2D eigenvalue weighted by Crippen LogP contribution is -1.97. The molecule has 0 saturated carbocycles. The summed E-state index contributed by atoms with van der Waals surface area (Å²) in [5.41, 5.74) is 2.98. The van der Waals surface area contributed by atoms with Crippen molar-refractivity contribution in [1.29, 1.82) is 0 Å². The monoisotopic (exact) mass is 136 g/mol. The van der Waals surface area contributed by atoms with E-state index in [0.717, 1.165) is 13.0 Å². The van der Waals surface area contributed by atoms with Gasteiger partial charge in [0, 0.05) is 6.61 Å². The van der Waals surface area contributed by atoms with Crippen molar-refractivity contribution in [3.05, 3.63) is 30.5 Å². The molecule has 0 amide bonds. The number of ether oxygens (including phenoxy) is 1. The molecule has 0 aliphatic carbocycles. The summed E-state index contributed by atoms with van der Waals surface area (Å²) in [5.74, 6) is 0. The summed E-state index contributed by atoms with van der Waals surface area (Å²) >= 11 is 0. The third-order valence-electron chi connectivity index (χ3n) is 1.46. The SMILES string of the molecule is C=CC=C=CC1CCCO1. The van der Waals surface area contributed by atoms with Crippen molar-refractivity contribution < 1.29 is 4.74 Å². The molecule has 0 radical (unpaired) electrons. The molecule has 1 nitrogen and oxygen atoms in total. The summed E-state index contributed by atoms with van der Waals surface area (Å²) in [6.07, 6.45) is 8.08. The van der Waals surface area contributed by atoms with Crippen LogP contribution < -0.4 is 0 Å². The third kappa shape index (κ3) is 2.22. The minimum Gasteiger partial charge on any atom is -0.374 e. The third-order valence-corrected chi connectivity index (χ3v) is 1.46. The first-order chi connectivity index (χ1) is 4.93. The first kappa shape index (κ1) is 7.33. The number of rotatable bonds is 2. The molecule has 10 heavy (non-hydrogen) atoms. The molecule has 0 aromatic rings. The van der Waals surface area contributed by atoms with Gasteiger partial charge in [0.05, 0.1) is 6.10 Å².